The molecule has 1 heterocycles. The molecular weight excluding hydrogens is 276 g/mol. The van der Waals surface area contributed by atoms with Gasteiger partial charge >= 0.3 is 0 Å². The molecule has 4 heteroatoms. The molecule has 1 aliphatic rings. The van der Waals surface area contributed by atoms with E-state index in [2.05, 4.69) is 10.3 Å². The maximum Gasteiger partial charge on any atom is 0.172 e. The van der Waals surface area contributed by atoms with Crippen molar-refractivity contribution >= 4 is 5.84 Å². The van der Waals surface area contributed by atoms with Crippen LogP contribution in [0.15, 0.2) is 53.5 Å². The summed E-state index contributed by atoms with van der Waals surface area (Å²) in [5.74, 6) is 2.35. The summed E-state index contributed by atoms with van der Waals surface area (Å²) in [6.45, 7) is 2.29. The number of hydrogen-bond donors (Lipinski definition) is 1. The minimum atomic E-state index is 0.501. The van der Waals surface area contributed by atoms with Gasteiger partial charge in [-0.15, -0.1) is 0 Å². The molecule has 114 valence electrons. The van der Waals surface area contributed by atoms with Crippen molar-refractivity contribution in [3.05, 3.63) is 59.7 Å². The molecule has 0 bridgehead atoms. The van der Waals surface area contributed by atoms with Gasteiger partial charge in [-0.25, -0.2) is 0 Å². The molecular formula is C18H20N2O2. The number of ether oxygens (including phenoxy) is 2. The molecule has 0 saturated heterocycles. The maximum atomic E-state index is 6.05. The Balaban J connectivity index is 1.88. The monoisotopic (exact) mass is 296 g/mol. The highest BCUT2D eigenvalue weighted by molar-refractivity contribution is 6.02. The van der Waals surface area contributed by atoms with Crippen LogP contribution in [0.4, 0.5) is 0 Å². The predicted octanol–water partition coefficient (Wildman–Crippen LogP) is 3.01. The van der Waals surface area contributed by atoms with Crippen LogP contribution in [0.2, 0.25) is 0 Å². The zero-order valence-electron chi connectivity index (χ0n) is 12.7. The fourth-order valence-electron chi connectivity index (χ4n) is 2.45. The summed E-state index contributed by atoms with van der Waals surface area (Å²) >= 11 is 0. The van der Waals surface area contributed by atoms with E-state index in [1.807, 2.05) is 48.5 Å². The van der Waals surface area contributed by atoms with E-state index in [1.54, 1.807) is 7.11 Å². The Morgan fingerprint density at radius 1 is 1.09 bits per heavy atom. The number of hydrogen-bond acceptors (Lipinski definition) is 4. The summed E-state index contributed by atoms with van der Waals surface area (Å²) in [5.41, 5.74) is 2.08. The lowest BCUT2D eigenvalue weighted by molar-refractivity contribution is 0.284. The molecule has 3 rings (SSSR count). The standard InChI is InChI=1S/C18H20N2O2/c1-21-16-10-5-9-15(18-19-11-6-12-20-18)17(16)22-13-14-7-3-2-4-8-14/h2-5,7-10H,6,11-13H2,1H3,(H,19,20). The van der Waals surface area contributed by atoms with E-state index < -0.39 is 0 Å². The van der Waals surface area contributed by atoms with E-state index in [0.717, 1.165) is 48.0 Å². The third-order valence-corrected chi connectivity index (χ3v) is 3.58. The molecule has 0 amide bonds. The first-order valence-electron chi connectivity index (χ1n) is 7.51. The number of rotatable bonds is 5. The largest absolute Gasteiger partial charge is 0.493 e. The van der Waals surface area contributed by atoms with E-state index in [9.17, 15) is 0 Å². The molecule has 2 aromatic rings. The molecule has 2 aromatic carbocycles. The summed E-state index contributed by atoms with van der Waals surface area (Å²) in [6.07, 6.45) is 1.06. The average Bonchev–Trinajstić information content (AvgIpc) is 2.61. The van der Waals surface area contributed by atoms with E-state index in [0.29, 0.717) is 6.61 Å². The van der Waals surface area contributed by atoms with Crippen LogP contribution in [0.5, 0.6) is 11.5 Å². The number of nitrogens with one attached hydrogen (secondary N) is 1. The summed E-state index contributed by atoms with van der Waals surface area (Å²) in [7, 11) is 1.66. The Hall–Kier alpha value is -2.49. The molecule has 0 aliphatic carbocycles. The number of aliphatic imine (C=N–C) groups is 1. The number of para-hydroxylation sites is 1. The summed E-state index contributed by atoms with van der Waals surface area (Å²) in [6, 6.07) is 16.0. The van der Waals surface area contributed by atoms with E-state index >= 15 is 0 Å². The Kier molecular flexibility index (Phi) is 4.59. The summed E-state index contributed by atoms with van der Waals surface area (Å²) < 4.78 is 11.5. The average molecular weight is 296 g/mol. The van der Waals surface area contributed by atoms with Gasteiger partial charge in [0.15, 0.2) is 11.5 Å². The molecule has 4 nitrogen and oxygen atoms in total. The van der Waals surface area contributed by atoms with Gasteiger partial charge in [0.25, 0.3) is 0 Å². The second kappa shape index (κ2) is 6.98. The van der Waals surface area contributed by atoms with Crippen molar-refractivity contribution in [3.63, 3.8) is 0 Å². The van der Waals surface area contributed by atoms with Crippen molar-refractivity contribution in [3.8, 4) is 11.5 Å². The summed E-state index contributed by atoms with van der Waals surface area (Å²) in [5, 5.41) is 3.34. The van der Waals surface area contributed by atoms with Gasteiger partial charge in [0.2, 0.25) is 0 Å². The van der Waals surface area contributed by atoms with Crippen LogP contribution in [0.3, 0.4) is 0 Å². The van der Waals surface area contributed by atoms with Crippen LogP contribution in [-0.4, -0.2) is 26.0 Å². The zero-order chi connectivity index (χ0) is 15.2. The highest BCUT2D eigenvalue weighted by Crippen LogP contribution is 2.32. The molecule has 0 unspecified atom stereocenters. The van der Waals surface area contributed by atoms with Crippen LogP contribution in [0.25, 0.3) is 0 Å². The smallest absolute Gasteiger partial charge is 0.172 e. The number of nitrogens with zero attached hydrogens (tertiary/aromatic N) is 1. The lowest BCUT2D eigenvalue weighted by Crippen LogP contribution is -2.30. The molecule has 1 aliphatic heterocycles. The Morgan fingerprint density at radius 2 is 1.95 bits per heavy atom. The van der Waals surface area contributed by atoms with Crippen LogP contribution in [0.1, 0.15) is 17.5 Å². The number of methoxy groups -OCH3 is 1. The molecule has 0 aromatic heterocycles. The second-order valence-electron chi connectivity index (χ2n) is 5.12. The SMILES string of the molecule is COc1cccc(C2=NCCCN2)c1OCc1ccccc1. The van der Waals surface area contributed by atoms with Gasteiger partial charge < -0.3 is 14.8 Å². The molecule has 0 saturated carbocycles. The molecule has 0 atom stereocenters. The molecule has 0 spiro atoms. The molecule has 0 fully saturated rings. The fraction of sp³-hybridized carbons (Fsp3) is 0.278. The van der Waals surface area contributed by atoms with Crippen LogP contribution in [0, 0.1) is 0 Å². The van der Waals surface area contributed by atoms with Crippen molar-refractivity contribution in [2.45, 2.75) is 13.0 Å². The van der Waals surface area contributed by atoms with Crippen LogP contribution >= 0.6 is 0 Å². The quantitative estimate of drug-likeness (QED) is 0.922. The first kappa shape index (κ1) is 14.4. The van der Waals surface area contributed by atoms with Crippen molar-refractivity contribution in [1.29, 1.82) is 0 Å². The first-order chi connectivity index (χ1) is 10.9. The minimum absolute atomic E-state index is 0.501. The van der Waals surface area contributed by atoms with Crippen LogP contribution < -0.4 is 14.8 Å². The second-order valence-corrected chi connectivity index (χ2v) is 5.12. The zero-order valence-corrected chi connectivity index (χ0v) is 12.7. The van der Waals surface area contributed by atoms with Gasteiger partial charge in [0.1, 0.15) is 12.4 Å². The third-order valence-electron chi connectivity index (χ3n) is 3.58. The van der Waals surface area contributed by atoms with Gasteiger partial charge in [0, 0.05) is 13.1 Å². The summed E-state index contributed by atoms with van der Waals surface area (Å²) in [4.78, 5) is 4.56. The highest BCUT2D eigenvalue weighted by atomic mass is 16.5. The third kappa shape index (κ3) is 3.22. The van der Waals surface area contributed by atoms with Gasteiger partial charge in [0.05, 0.1) is 12.7 Å². The Labute approximate surface area is 130 Å². The Morgan fingerprint density at radius 3 is 2.68 bits per heavy atom. The molecule has 22 heavy (non-hydrogen) atoms. The minimum Gasteiger partial charge on any atom is -0.493 e. The van der Waals surface area contributed by atoms with Gasteiger partial charge in [-0.1, -0.05) is 36.4 Å². The lowest BCUT2D eigenvalue weighted by Gasteiger charge is -2.19. The van der Waals surface area contributed by atoms with Crippen molar-refractivity contribution < 1.29 is 9.47 Å². The lowest BCUT2D eigenvalue weighted by atomic mass is 10.1. The number of benzene rings is 2. The molecule has 0 radical (unpaired) electrons. The highest BCUT2D eigenvalue weighted by Gasteiger charge is 2.17. The topological polar surface area (TPSA) is 42.8 Å². The van der Waals surface area contributed by atoms with Crippen molar-refractivity contribution in [2.75, 3.05) is 20.2 Å². The van der Waals surface area contributed by atoms with E-state index in [-0.39, 0.29) is 0 Å². The van der Waals surface area contributed by atoms with Crippen molar-refractivity contribution in [1.82, 2.24) is 5.32 Å². The van der Waals surface area contributed by atoms with E-state index in [1.165, 1.54) is 0 Å². The van der Waals surface area contributed by atoms with Crippen LogP contribution in [-0.2, 0) is 6.61 Å². The molecule has 1 N–H and O–H groups in total. The first-order valence-corrected chi connectivity index (χ1v) is 7.51. The maximum absolute atomic E-state index is 6.05. The Bertz CT molecular complexity index is 653. The predicted molar refractivity (Wildman–Crippen MR) is 87.8 cm³/mol. The number of amidine groups is 1. The van der Waals surface area contributed by atoms with E-state index in [4.69, 9.17) is 9.47 Å². The van der Waals surface area contributed by atoms with Gasteiger partial charge in [-0.3, -0.25) is 4.99 Å². The van der Waals surface area contributed by atoms with Crippen molar-refractivity contribution in [2.24, 2.45) is 4.99 Å². The van der Waals surface area contributed by atoms with Gasteiger partial charge in [-0.2, -0.15) is 0 Å². The normalized spacial score (nSPS) is 14.0. The fourth-order valence-corrected chi connectivity index (χ4v) is 2.45. The van der Waals surface area contributed by atoms with Gasteiger partial charge in [-0.05, 0) is 24.1 Å².